The molecule has 1 amide bonds. The Hall–Kier alpha value is -1.85. The first-order valence-electron chi connectivity index (χ1n) is 6.21. The van der Waals surface area contributed by atoms with Crippen molar-refractivity contribution in [2.45, 2.75) is 40.0 Å². The summed E-state index contributed by atoms with van der Waals surface area (Å²) in [6, 6.07) is 1.65. The third-order valence-electron chi connectivity index (χ3n) is 2.80. The Bertz CT molecular complexity index is 476. The van der Waals surface area contributed by atoms with E-state index in [1.165, 1.54) is 0 Å². The second-order valence-corrected chi connectivity index (χ2v) is 6.35. The van der Waals surface area contributed by atoms with Gasteiger partial charge in [-0.2, -0.15) is 0 Å². The fourth-order valence-corrected chi connectivity index (χ4v) is 1.29. The van der Waals surface area contributed by atoms with Crippen LogP contribution in [0.15, 0.2) is 6.07 Å². The molecular weight excluding hydrogens is 242 g/mol. The molecule has 1 aromatic heterocycles. The van der Waals surface area contributed by atoms with E-state index in [0.717, 1.165) is 0 Å². The number of hydrogen-bond donors (Lipinski definition) is 3. The van der Waals surface area contributed by atoms with E-state index in [0.29, 0.717) is 24.0 Å². The van der Waals surface area contributed by atoms with Gasteiger partial charge in [-0.25, -0.2) is 9.97 Å². The number of hydrogen-bond acceptors (Lipinski definition) is 5. The lowest BCUT2D eigenvalue weighted by atomic mass is 9.93. The third kappa shape index (κ3) is 4.08. The zero-order valence-corrected chi connectivity index (χ0v) is 12.2. The van der Waals surface area contributed by atoms with E-state index in [1.807, 2.05) is 20.8 Å². The van der Waals surface area contributed by atoms with E-state index in [9.17, 15) is 4.79 Å². The molecule has 0 saturated heterocycles. The van der Waals surface area contributed by atoms with E-state index in [-0.39, 0.29) is 11.3 Å². The van der Waals surface area contributed by atoms with Gasteiger partial charge in [0.1, 0.15) is 17.5 Å². The van der Waals surface area contributed by atoms with Gasteiger partial charge in [0.25, 0.3) is 0 Å². The summed E-state index contributed by atoms with van der Waals surface area (Å²) in [4.78, 5) is 19.9. The van der Waals surface area contributed by atoms with Crippen LogP contribution >= 0.6 is 0 Å². The van der Waals surface area contributed by atoms with E-state index >= 15 is 0 Å². The second kappa shape index (κ2) is 5.03. The van der Waals surface area contributed by atoms with Gasteiger partial charge in [-0.05, 0) is 13.8 Å². The molecule has 1 rings (SSSR count). The Morgan fingerprint density at radius 1 is 1.26 bits per heavy atom. The Kier molecular flexibility index (Phi) is 4.03. The van der Waals surface area contributed by atoms with Crippen LogP contribution in [-0.4, -0.2) is 22.4 Å². The van der Waals surface area contributed by atoms with E-state index in [4.69, 9.17) is 11.5 Å². The summed E-state index contributed by atoms with van der Waals surface area (Å²) in [6.07, 6.45) is 0. The lowest BCUT2D eigenvalue weighted by Gasteiger charge is -2.22. The molecule has 0 aromatic carbocycles. The lowest BCUT2D eigenvalue weighted by molar-refractivity contribution is -0.125. The van der Waals surface area contributed by atoms with Crippen LogP contribution < -0.4 is 16.8 Å². The predicted octanol–water partition coefficient (Wildman–Crippen LogP) is 1.28. The minimum Gasteiger partial charge on any atom is -0.384 e. The molecule has 106 valence electrons. The van der Waals surface area contributed by atoms with Crippen LogP contribution in [0, 0.1) is 5.41 Å². The number of rotatable bonds is 4. The van der Waals surface area contributed by atoms with Crippen molar-refractivity contribution >= 4 is 17.5 Å². The maximum absolute atomic E-state index is 11.3. The Balaban J connectivity index is 2.91. The number of aromatic nitrogens is 2. The van der Waals surface area contributed by atoms with Crippen LogP contribution in [0.4, 0.5) is 11.6 Å². The maximum Gasteiger partial charge on any atom is 0.224 e. The Morgan fingerprint density at radius 2 is 1.84 bits per heavy atom. The fraction of sp³-hybridized carbons (Fsp3) is 0.615. The molecule has 1 heterocycles. The van der Waals surface area contributed by atoms with Crippen molar-refractivity contribution in [3.63, 3.8) is 0 Å². The molecule has 0 unspecified atom stereocenters. The van der Waals surface area contributed by atoms with Gasteiger partial charge in [0, 0.05) is 18.0 Å². The van der Waals surface area contributed by atoms with Crippen LogP contribution in [0.25, 0.3) is 0 Å². The van der Waals surface area contributed by atoms with Gasteiger partial charge in [-0.1, -0.05) is 20.8 Å². The predicted molar refractivity (Wildman–Crippen MR) is 76.6 cm³/mol. The van der Waals surface area contributed by atoms with Crippen molar-refractivity contribution in [3.05, 3.63) is 11.9 Å². The molecule has 0 aliphatic carbocycles. The standard InChI is InChI=1S/C13H23N5O/c1-12(2,3)11-17-8(14)6-9(18-11)16-7-13(4,5)10(15)19/h6H,7H2,1-5H3,(H2,15,19)(H3,14,16,17,18). The van der Waals surface area contributed by atoms with Crippen LogP contribution in [0.1, 0.15) is 40.4 Å². The lowest BCUT2D eigenvalue weighted by Crippen LogP contribution is -2.37. The minimum absolute atomic E-state index is 0.189. The highest BCUT2D eigenvalue weighted by Gasteiger charge is 2.25. The number of anilines is 2. The topological polar surface area (TPSA) is 107 Å². The average Bonchev–Trinajstić information content (AvgIpc) is 2.24. The molecule has 0 aliphatic rings. The van der Waals surface area contributed by atoms with Gasteiger partial charge in [0.2, 0.25) is 5.91 Å². The van der Waals surface area contributed by atoms with Crippen LogP contribution in [-0.2, 0) is 10.2 Å². The maximum atomic E-state index is 11.3. The SMILES string of the molecule is CC(C)(CNc1cc(N)nc(C(C)(C)C)n1)C(N)=O. The number of primary amides is 1. The van der Waals surface area contributed by atoms with Gasteiger partial charge in [0.05, 0.1) is 5.41 Å². The summed E-state index contributed by atoms with van der Waals surface area (Å²) in [5.41, 5.74) is 10.3. The third-order valence-corrected chi connectivity index (χ3v) is 2.80. The molecule has 6 heteroatoms. The summed E-state index contributed by atoms with van der Waals surface area (Å²) in [7, 11) is 0. The Morgan fingerprint density at radius 3 is 2.32 bits per heavy atom. The van der Waals surface area contributed by atoms with Crippen molar-refractivity contribution in [2.75, 3.05) is 17.6 Å². The molecule has 0 aliphatic heterocycles. The number of carbonyl (C=O) groups is 1. The quantitative estimate of drug-likeness (QED) is 0.760. The molecule has 0 spiro atoms. The van der Waals surface area contributed by atoms with Gasteiger partial charge >= 0.3 is 0 Å². The molecule has 0 radical (unpaired) electrons. The highest BCUT2D eigenvalue weighted by atomic mass is 16.1. The number of carbonyl (C=O) groups excluding carboxylic acids is 1. The number of nitrogen functional groups attached to an aromatic ring is 1. The summed E-state index contributed by atoms with van der Waals surface area (Å²) >= 11 is 0. The zero-order valence-electron chi connectivity index (χ0n) is 12.2. The molecule has 6 nitrogen and oxygen atoms in total. The smallest absolute Gasteiger partial charge is 0.224 e. The number of nitrogens with one attached hydrogen (secondary N) is 1. The van der Waals surface area contributed by atoms with Crippen molar-refractivity contribution < 1.29 is 4.79 Å². The van der Waals surface area contributed by atoms with E-state index < -0.39 is 5.41 Å². The monoisotopic (exact) mass is 265 g/mol. The van der Waals surface area contributed by atoms with Crippen molar-refractivity contribution in [2.24, 2.45) is 11.1 Å². The van der Waals surface area contributed by atoms with E-state index in [2.05, 4.69) is 15.3 Å². The summed E-state index contributed by atoms with van der Waals surface area (Å²) < 4.78 is 0. The average molecular weight is 265 g/mol. The van der Waals surface area contributed by atoms with Gasteiger partial charge in [-0.15, -0.1) is 0 Å². The molecule has 5 N–H and O–H groups in total. The molecule has 1 aromatic rings. The van der Waals surface area contributed by atoms with Crippen molar-refractivity contribution in [3.8, 4) is 0 Å². The molecule has 0 atom stereocenters. The Labute approximate surface area is 114 Å². The highest BCUT2D eigenvalue weighted by Crippen LogP contribution is 2.22. The normalized spacial score (nSPS) is 12.3. The summed E-state index contributed by atoms with van der Waals surface area (Å²) in [6.45, 7) is 9.98. The number of nitrogens with two attached hydrogens (primary N) is 2. The number of nitrogens with zero attached hydrogens (tertiary/aromatic N) is 2. The molecular formula is C13H23N5O. The van der Waals surface area contributed by atoms with Crippen molar-refractivity contribution in [1.29, 1.82) is 0 Å². The molecule has 0 fully saturated rings. The second-order valence-electron chi connectivity index (χ2n) is 6.35. The van der Waals surface area contributed by atoms with Crippen LogP contribution in [0.5, 0.6) is 0 Å². The van der Waals surface area contributed by atoms with Crippen LogP contribution in [0.3, 0.4) is 0 Å². The van der Waals surface area contributed by atoms with Crippen molar-refractivity contribution in [1.82, 2.24) is 9.97 Å². The highest BCUT2D eigenvalue weighted by molar-refractivity contribution is 5.80. The zero-order chi connectivity index (χ0) is 14.8. The largest absolute Gasteiger partial charge is 0.384 e. The fourth-order valence-electron chi connectivity index (χ4n) is 1.29. The van der Waals surface area contributed by atoms with Crippen LogP contribution in [0.2, 0.25) is 0 Å². The first-order chi connectivity index (χ1) is 8.52. The molecule has 0 saturated carbocycles. The first kappa shape index (κ1) is 15.2. The summed E-state index contributed by atoms with van der Waals surface area (Å²) in [5, 5.41) is 3.09. The van der Waals surface area contributed by atoms with Gasteiger partial charge in [-0.3, -0.25) is 4.79 Å². The summed E-state index contributed by atoms with van der Waals surface area (Å²) in [5.74, 6) is 1.30. The molecule has 19 heavy (non-hydrogen) atoms. The molecule has 0 bridgehead atoms. The van der Waals surface area contributed by atoms with Gasteiger partial charge < -0.3 is 16.8 Å². The minimum atomic E-state index is -0.651. The van der Waals surface area contributed by atoms with E-state index in [1.54, 1.807) is 19.9 Å². The van der Waals surface area contributed by atoms with Gasteiger partial charge in [0.15, 0.2) is 0 Å². The number of amides is 1. The first-order valence-corrected chi connectivity index (χ1v) is 6.21.